The van der Waals surface area contributed by atoms with E-state index in [-0.39, 0.29) is 6.04 Å². The van der Waals surface area contributed by atoms with Crippen LogP contribution in [0.15, 0.2) is 29.6 Å². The average molecular weight is 239 g/mol. The van der Waals surface area contributed by atoms with Crippen LogP contribution in [0.2, 0.25) is 5.02 Å². The third-order valence-corrected chi connectivity index (χ3v) is 3.39. The normalized spacial score (nSPS) is 12.7. The molecule has 78 valence electrons. The number of thiazole rings is 1. The Balaban J connectivity index is 2.32. The minimum Gasteiger partial charge on any atom is -0.318 e. The van der Waals surface area contributed by atoms with Crippen molar-refractivity contribution in [2.24, 2.45) is 5.73 Å². The van der Waals surface area contributed by atoms with Gasteiger partial charge in [0.1, 0.15) is 5.01 Å². The standard InChI is InChI=1S/C11H11ClN2S/c1-7-6-15-11(14-7)10(13)8-3-2-4-9(12)5-8/h2-6,10H,13H2,1H3. The summed E-state index contributed by atoms with van der Waals surface area (Å²) in [5.74, 6) is 0. The Kier molecular flexibility index (Phi) is 3.05. The summed E-state index contributed by atoms with van der Waals surface area (Å²) in [5.41, 5.74) is 8.09. The van der Waals surface area contributed by atoms with Gasteiger partial charge in [0.05, 0.1) is 6.04 Å². The number of halogens is 1. The number of hydrogen-bond donors (Lipinski definition) is 1. The second kappa shape index (κ2) is 4.31. The molecule has 15 heavy (non-hydrogen) atoms. The third kappa shape index (κ3) is 2.37. The number of nitrogens with zero attached hydrogens (tertiary/aromatic N) is 1. The molecule has 2 aromatic rings. The van der Waals surface area contributed by atoms with Crippen LogP contribution in [-0.2, 0) is 0 Å². The minimum atomic E-state index is -0.178. The van der Waals surface area contributed by atoms with Crippen molar-refractivity contribution < 1.29 is 0 Å². The molecule has 0 aliphatic carbocycles. The van der Waals surface area contributed by atoms with E-state index in [1.54, 1.807) is 11.3 Å². The van der Waals surface area contributed by atoms with Gasteiger partial charge in [-0.3, -0.25) is 0 Å². The lowest BCUT2D eigenvalue weighted by Crippen LogP contribution is -2.11. The van der Waals surface area contributed by atoms with Gasteiger partial charge in [-0.25, -0.2) is 4.98 Å². The summed E-state index contributed by atoms with van der Waals surface area (Å²) in [7, 11) is 0. The molecule has 0 aliphatic heterocycles. The van der Waals surface area contributed by atoms with Gasteiger partial charge in [0.15, 0.2) is 0 Å². The van der Waals surface area contributed by atoms with E-state index in [1.807, 2.05) is 36.6 Å². The molecule has 1 atom stereocenters. The van der Waals surface area contributed by atoms with E-state index in [0.717, 1.165) is 16.3 Å². The lowest BCUT2D eigenvalue weighted by Gasteiger charge is -2.08. The molecule has 0 fully saturated rings. The molecule has 2 rings (SSSR count). The van der Waals surface area contributed by atoms with Crippen LogP contribution in [0, 0.1) is 6.92 Å². The highest BCUT2D eigenvalue weighted by atomic mass is 35.5. The summed E-state index contributed by atoms with van der Waals surface area (Å²) in [6, 6.07) is 7.40. The molecule has 1 aromatic carbocycles. The molecule has 0 saturated heterocycles. The molecule has 0 saturated carbocycles. The van der Waals surface area contributed by atoms with Gasteiger partial charge in [0, 0.05) is 16.1 Å². The van der Waals surface area contributed by atoms with Gasteiger partial charge in [0.2, 0.25) is 0 Å². The lowest BCUT2D eigenvalue weighted by molar-refractivity contribution is 0.852. The molecule has 1 unspecified atom stereocenters. The Labute approximate surface area is 97.7 Å². The maximum atomic E-state index is 6.09. The van der Waals surface area contributed by atoms with E-state index in [9.17, 15) is 0 Å². The van der Waals surface area contributed by atoms with Gasteiger partial charge in [-0.2, -0.15) is 0 Å². The van der Waals surface area contributed by atoms with E-state index in [1.165, 1.54) is 0 Å². The maximum absolute atomic E-state index is 6.09. The molecule has 1 aromatic heterocycles. The highest BCUT2D eigenvalue weighted by Gasteiger charge is 2.12. The van der Waals surface area contributed by atoms with E-state index in [0.29, 0.717) is 5.02 Å². The van der Waals surface area contributed by atoms with Crippen molar-refractivity contribution in [2.75, 3.05) is 0 Å². The van der Waals surface area contributed by atoms with Crippen molar-refractivity contribution in [3.8, 4) is 0 Å². The number of rotatable bonds is 2. The lowest BCUT2D eigenvalue weighted by atomic mass is 10.1. The van der Waals surface area contributed by atoms with Crippen LogP contribution < -0.4 is 5.73 Å². The zero-order valence-electron chi connectivity index (χ0n) is 8.27. The van der Waals surface area contributed by atoms with Crippen LogP contribution in [0.3, 0.4) is 0 Å². The molecule has 1 heterocycles. The van der Waals surface area contributed by atoms with Gasteiger partial charge < -0.3 is 5.73 Å². The van der Waals surface area contributed by atoms with Crippen molar-refractivity contribution in [1.82, 2.24) is 4.98 Å². The zero-order valence-corrected chi connectivity index (χ0v) is 9.85. The third-order valence-electron chi connectivity index (χ3n) is 2.11. The summed E-state index contributed by atoms with van der Waals surface area (Å²) in [5, 5.41) is 3.63. The monoisotopic (exact) mass is 238 g/mol. The second-order valence-electron chi connectivity index (χ2n) is 3.36. The Hall–Kier alpha value is -0.900. The van der Waals surface area contributed by atoms with Crippen LogP contribution in [0.5, 0.6) is 0 Å². The summed E-state index contributed by atoms with van der Waals surface area (Å²) in [6.45, 7) is 1.96. The Bertz CT molecular complexity index is 467. The van der Waals surface area contributed by atoms with E-state index < -0.39 is 0 Å². The van der Waals surface area contributed by atoms with Crippen molar-refractivity contribution in [1.29, 1.82) is 0 Å². The highest BCUT2D eigenvalue weighted by Crippen LogP contribution is 2.24. The first-order valence-electron chi connectivity index (χ1n) is 4.60. The van der Waals surface area contributed by atoms with E-state index >= 15 is 0 Å². The van der Waals surface area contributed by atoms with Crippen molar-refractivity contribution >= 4 is 22.9 Å². The number of aromatic nitrogens is 1. The SMILES string of the molecule is Cc1csc(C(N)c2cccc(Cl)c2)n1. The highest BCUT2D eigenvalue weighted by molar-refractivity contribution is 7.09. The van der Waals surface area contributed by atoms with E-state index in [2.05, 4.69) is 4.98 Å². The van der Waals surface area contributed by atoms with Gasteiger partial charge >= 0.3 is 0 Å². The first-order chi connectivity index (χ1) is 7.16. The molecule has 4 heteroatoms. The molecular formula is C11H11ClN2S. The second-order valence-corrected chi connectivity index (χ2v) is 4.69. The number of benzene rings is 1. The zero-order chi connectivity index (χ0) is 10.8. The first-order valence-corrected chi connectivity index (χ1v) is 5.85. The van der Waals surface area contributed by atoms with Crippen LogP contribution in [-0.4, -0.2) is 4.98 Å². The van der Waals surface area contributed by atoms with Crippen molar-refractivity contribution in [3.05, 3.63) is 50.9 Å². The first kappa shape index (κ1) is 10.6. The average Bonchev–Trinajstić information content (AvgIpc) is 2.64. The van der Waals surface area contributed by atoms with E-state index in [4.69, 9.17) is 17.3 Å². The fraction of sp³-hybridized carbons (Fsp3) is 0.182. The molecule has 0 spiro atoms. The molecule has 0 amide bonds. The molecule has 0 bridgehead atoms. The molecule has 2 nitrogen and oxygen atoms in total. The minimum absolute atomic E-state index is 0.178. The predicted octanol–water partition coefficient (Wildman–Crippen LogP) is 3.15. The fourth-order valence-corrected chi connectivity index (χ4v) is 2.38. The molecule has 0 radical (unpaired) electrons. The summed E-state index contributed by atoms with van der Waals surface area (Å²) in [6.07, 6.45) is 0. The largest absolute Gasteiger partial charge is 0.318 e. The number of aryl methyl sites for hydroxylation is 1. The van der Waals surface area contributed by atoms with Gasteiger partial charge in [-0.1, -0.05) is 23.7 Å². The van der Waals surface area contributed by atoms with Crippen molar-refractivity contribution in [3.63, 3.8) is 0 Å². The van der Waals surface area contributed by atoms with Gasteiger partial charge in [-0.15, -0.1) is 11.3 Å². The van der Waals surface area contributed by atoms with Crippen LogP contribution in [0.4, 0.5) is 0 Å². The quantitative estimate of drug-likeness (QED) is 0.873. The van der Waals surface area contributed by atoms with Crippen LogP contribution in [0.25, 0.3) is 0 Å². The van der Waals surface area contributed by atoms with Gasteiger partial charge in [0.25, 0.3) is 0 Å². The Morgan fingerprint density at radius 2 is 2.27 bits per heavy atom. The summed E-state index contributed by atoms with van der Waals surface area (Å²) in [4.78, 5) is 4.37. The molecule has 2 N–H and O–H groups in total. The molecular weight excluding hydrogens is 228 g/mol. The predicted molar refractivity (Wildman–Crippen MR) is 64.3 cm³/mol. The maximum Gasteiger partial charge on any atom is 0.114 e. The summed E-state index contributed by atoms with van der Waals surface area (Å²) >= 11 is 7.49. The van der Waals surface area contributed by atoms with Crippen LogP contribution >= 0.6 is 22.9 Å². The van der Waals surface area contributed by atoms with Crippen molar-refractivity contribution in [2.45, 2.75) is 13.0 Å². The molecule has 0 aliphatic rings. The summed E-state index contributed by atoms with van der Waals surface area (Å²) < 4.78 is 0. The fourth-order valence-electron chi connectivity index (χ4n) is 1.36. The Morgan fingerprint density at radius 1 is 1.47 bits per heavy atom. The number of hydrogen-bond acceptors (Lipinski definition) is 3. The smallest absolute Gasteiger partial charge is 0.114 e. The Morgan fingerprint density at radius 3 is 2.87 bits per heavy atom. The van der Waals surface area contributed by atoms with Crippen LogP contribution in [0.1, 0.15) is 22.3 Å². The topological polar surface area (TPSA) is 38.9 Å². The van der Waals surface area contributed by atoms with Gasteiger partial charge in [-0.05, 0) is 24.6 Å². The number of nitrogens with two attached hydrogens (primary N) is 1.